The first-order chi connectivity index (χ1) is 12.6. The molecule has 4 nitrogen and oxygen atoms in total. The summed E-state index contributed by atoms with van der Waals surface area (Å²) < 4.78 is 7.66. The summed E-state index contributed by atoms with van der Waals surface area (Å²) in [7, 11) is 4.15. The molecule has 0 N–H and O–H groups in total. The Hall–Kier alpha value is -2.30. The van der Waals surface area contributed by atoms with E-state index in [1.54, 1.807) is 4.09 Å². The SMILES string of the molecule is Cc1cncc2c3c4ccc(OCCCN(C)C)cc4ccc3n(Cl)c12. The van der Waals surface area contributed by atoms with E-state index >= 15 is 0 Å². The lowest BCUT2D eigenvalue weighted by Gasteiger charge is -2.11. The smallest absolute Gasteiger partial charge is 0.119 e. The molecule has 2 aromatic heterocycles. The minimum atomic E-state index is 0.718. The Balaban J connectivity index is 1.78. The molecule has 5 heteroatoms. The highest BCUT2D eigenvalue weighted by molar-refractivity contribution is 6.30. The van der Waals surface area contributed by atoms with Crippen molar-refractivity contribution in [2.45, 2.75) is 13.3 Å². The molecular formula is C21H22ClN3O. The van der Waals surface area contributed by atoms with Gasteiger partial charge in [0.25, 0.3) is 0 Å². The number of hydrogen-bond acceptors (Lipinski definition) is 3. The van der Waals surface area contributed by atoms with Gasteiger partial charge < -0.3 is 9.64 Å². The van der Waals surface area contributed by atoms with E-state index in [2.05, 4.69) is 48.2 Å². The molecule has 134 valence electrons. The van der Waals surface area contributed by atoms with Gasteiger partial charge in [0.15, 0.2) is 0 Å². The zero-order valence-corrected chi connectivity index (χ0v) is 16.0. The van der Waals surface area contributed by atoms with Gasteiger partial charge in [0, 0.05) is 41.5 Å². The predicted octanol–water partition coefficient (Wildman–Crippen LogP) is 4.98. The highest BCUT2D eigenvalue weighted by Gasteiger charge is 2.14. The summed E-state index contributed by atoms with van der Waals surface area (Å²) in [5, 5.41) is 4.54. The fraction of sp³-hybridized carbons (Fsp3) is 0.286. The zero-order valence-electron chi connectivity index (χ0n) is 15.3. The molecule has 0 unspecified atom stereocenters. The number of halogens is 1. The van der Waals surface area contributed by atoms with Gasteiger partial charge in [-0.25, -0.2) is 0 Å². The molecule has 26 heavy (non-hydrogen) atoms. The number of pyridine rings is 1. The number of aromatic nitrogens is 2. The van der Waals surface area contributed by atoms with E-state index in [4.69, 9.17) is 16.5 Å². The van der Waals surface area contributed by atoms with Gasteiger partial charge in [0.1, 0.15) is 5.75 Å². The third kappa shape index (κ3) is 2.89. The lowest BCUT2D eigenvalue weighted by molar-refractivity contribution is 0.282. The van der Waals surface area contributed by atoms with E-state index in [0.29, 0.717) is 0 Å². The van der Waals surface area contributed by atoms with E-state index in [9.17, 15) is 0 Å². The number of benzene rings is 2. The number of aryl methyl sites for hydroxylation is 1. The zero-order chi connectivity index (χ0) is 18.3. The van der Waals surface area contributed by atoms with E-state index in [0.717, 1.165) is 58.1 Å². The maximum absolute atomic E-state index is 6.60. The number of ether oxygens (including phenoxy) is 1. The van der Waals surface area contributed by atoms with Gasteiger partial charge in [-0.05, 0) is 68.0 Å². The minimum absolute atomic E-state index is 0.718. The molecule has 2 heterocycles. The second-order valence-corrected chi connectivity index (χ2v) is 7.32. The van der Waals surface area contributed by atoms with Crippen LogP contribution in [0, 0.1) is 6.92 Å². The number of rotatable bonds is 5. The van der Waals surface area contributed by atoms with Crippen molar-refractivity contribution in [3.63, 3.8) is 0 Å². The van der Waals surface area contributed by atoms with Crippen LogP contribution in [0.15, 0.2) is 42.7 Å². The molecule has 0 fully saturated rings. The average Bonchev–Trinajstić information content (AvgIpc) is 2.92. The van der Waals surface area contributed by atoms with Crippen LogP contribution in [0.3, 0.4) is 0 Å². The Kier molecular flexibility index (Phi) is 4.47. The molecule has 0 amide bonds. The van der Waals surface area contributed by atoms with Crippen LogP contribution >= 0.6 is 11.8 Å². The van der Waals surface area contributed by atoms with Gasteiger partial charge in [-0.15, -0.1) is 0 Å². The summed E-state index contributed by atoms with van der Waals surface area (Å²) in [5.41, 5.74) is 3.10. The molecule has 0 saturated heterocycles. The number of nitrogens with zero attached hydrogens (tertiary/aromatic N) is 3. The Labute approximate surface area is 158 Å². The average molecular weight is 368 g/mol. The van der Waals surface area contributed by atoms with Crippen molar-refractivity contribution in [1.29, 1.82) is 0 Å². The number of fused-ring (bicyclic) bond motifs is 5. The summed E-state index contributed by atoms with van der Waals surface area (Å²) in [6.45, 7) is 3.78. The fourth-order valence-corrected chi connectivity index (χ4v) is 3.89. The molecule has 0 saturated carbocycles. The van der Waals surface area contributed by atoms with Crippen molar-refractivity contribution in [1.82, 2.24) is 14.0 Å². The second-order valence-electron chi connectivity index (χ2n) is 6.98. The molecule has 0 bridgehead atoms. The van der Waals surface area contributed by atoms with Crippen LogP contribution in [-0.2, 0) is 0 Å². The monoisotopic (exact) mass is 367 g/mol. The van der Waals surface area contributed by atoms with Gasteiger partial charge in [0.2, 0.25) is 0 Å². The Morgan fingerprint density at radius 3 is 2.77 bits per heavy atom. The predicted molar refractivity (Wildman–Crippen MR) is 109 cm³/mol. The fourth-order valence-electron chi connectivity index (χ4n) is 3.53. The summed E-state index contributed by atoms with van der Waals surface area (Å²) in [5.74, 6) is 0.902. The normalized spacial score (nSPS) is 11.9. The molecule has 0 aliphatic rings. The first-order valence-corrected chi connectivity index (χ1v) is 9.15. The Bertz CT molecular complexity index is 1100. The topological polar surface area (TPSA) is 30.3 Å². The van der Waals surface area contributed by atoms with Crippen LogP contribution in [-0.4, -0.2) is 41.2 Å². The third-order valence-electron chi connectivity index (χ3n) is 4.77. The highest BCUT2D eigenvalue weighted by Crippen LogP contribution is 2.37. The van der Waals surface area contributed by atoms with Crippen LogP contribution in [0.25, 0.3) is 32.6 Å². The maximum Gasteiger partial charge on any atom is 0.119 e. The standard InChI is InChI=1S/C21H22ClN3O/c1-14-12-23-13-18-20-17-7-6-16(26-10-4-9-24(2)3)11-15(17)5-8-19(20)25(22)21(14)18/h5-8,11-13H,4,9-10H2,1-3H3. The van der Waals surface area contributed by atoms with Gasteiger partial charge in [-0.2, -0.15) is 0 Å². The Morgan fingerprint density at radius 2 is 1.96 bits per heavy atom. The van der Waals surface area contributed by atoms with E-state index < -0.39 is 0 Å². The van der Waals surface area contributed by atoms with Crippen molar-refractivity contribution >= 4 is 44.4 Å². The molecule has 0 radical (unpaired) electrons. The maximum atomic E-state index is 6.60. The van der Waals surface area contributed by atoms with Crippen molar-refractivity contribution in [3.8, 4) is 5.75 Å². The third-order valence-corrected chi connectivity index (χ3v) is 5.12. The first-order valence-electron chi connectivity index (χ1n) is 8.81. The van der Waals surface area contributed by atoms with Crippen LogP contribution in [0.5, 0.6) is 5.75 Å². The molecule has 4 aromatic rings. The highest BCUT2D eigenvalue weighted by atomic mass is 35.5. The van der Waals surface area contributed by atoms with Crippen LogP contribution < -0.4 is 4.74 Å². The number of hydrogen-bond donors (Lipinski definition) is 0. The van der Waals surface area contributed by atoms with Crippen LogP contribution in [0.4, 0.5) is 0 Å². The summed E-state index contributed by atoms with van der Waals surface area (Å²) in [6.07, 6.45) is 4.76. The lowest BCUT2D eigenvalue weighted by Crippen LogP contribution is -2.15. The van der Waals surface area contributed by atoms with Crippen LogP contribution in [0.1, 0.15) is 12.0 Å². The van der Waals surface area contributed by atoms with Crippen molar-refractivity contribution < 1.29 is 4.74 Å². The minimum Gasteiger partial charge on any atom is -0.494 e. The molecule has 0 aliphatic heterocycles. The summed E-state index contributed by atoms with van der Waals surface area (Å²) >= 11 is 6.60. The summed E-state index contributed by atoms with van der Waals surface area (Å²) in [4.78, 5) is 6.53. The molecular weight excluding hydrogens is 346 g/mol. The molecule has 0 atom stereocenters. The molecule has 4 rings (SSSR count). The van der Waals surface area contributed by atoms with Crippen molar-refractivity contribution in [2.24, 2.45) is 0 Å². The quantitative estimate of drug-likeness (QED) is 0.466. The van der Waals surface area contributed by atoms with Gasteiger partial charge in [-0.1, -0.05) is 6.07 Å². The molecule has 0 spiro atoms. The molecule has 0 aliphatic carbocycles. The van der Waals surface area contributed by atoms with Gasteiger partial charge in [-0.3, -0.25) is 9.07 Å². The van der Waals surface area contributed by atoms with E-state index in [1.165, 1.54) is 5.39 Å². The molecule has 2 aromatic carbocycles. The van der Waals surface area contributed by atoms with Gasteiger partial charge in [0.05, 0.1) is 17.6 Å². The Morgan fingerprint density at radius 1 is 1.12 bits per heavy atom. The second kappa shape index (κ2) is 6.78. The lowest BCUT2D eigenvalue weighted by atomic mass is 10.0. The first kappa shape index (κ1) is 17.1. The van der Waals surface area contributed by atoms with Gasteiger partial charge >= 0.3 is 0 Å². The van der Waals surface area contributed by atoms with Crippen LogP contribution in [0.2, 0.25) is 0 Å². The van der Waals surface area contributed by atoms with E-state index in [1.807, 2.05) is 25.4 Å². The summed E-state index contributed by atoms with van der Waals surface area (Å²) in [6, 6.07) is 10.4. The largest absolute Gasteiger partial charge is 0.494 e. The van der Waals surface area contributed by atoms with E-state index in [-0.39, 0.29) is 0 Å². The van der Waals surface area contributed by atoms with Crippen molar-refractivity contribution in [2.75, 3.05) is 27.2 Å². The van der Waals surface area contributed by atoms with Crippen molar-refractivity contribution in [3.05, 3.63) is 48.3 Å².